The van der Waals surface area contributed by atoms with Gasteiger partial charge >= 0.3 is 0 Å². The highest BCUT2D eigenvalue weighted by molar-refractivity contribution is 9.10. The molecule has 148 valence electrons. The fraction of sp³-hybridized carbons (Fsp3) is 0.0870. The molecule has 0 aliphatic heterocycles. The second-order valence-corrected chi connectivity index (χ2v) is 8.98. The molecule has 1 aliphatic rings. The molecule has 1 heterocycles. The van der Waals surface area contributed by atoms with Crippen LogP contribution in [-0.4, -0.2) is 21.8 Å². The Kier molecular flexibility index (Phi) is 4.92. The van der Waals surface area contributed by atoms with Crippen molar-refractivity contribution in [1.82, 2.24) is 4.98 Å². The molecule has 0 bridgehead atoms. The molecule has 1 amide bonds. The van der Waals surface area contributed by atoms with Crippen molar-refractivity contribution in [3.63, 3.8) is 0 Å². The molecule has 7 heteroatoms. The summed E-state index contributed by atoms with van der Waals surface area (Å²) < 4.78 is 0.853. The number of benzene rings is 3. The maximum Gasteiger partial charge on any atom is 0.274 e. The molecule has 1 aromatic heterocycles. The van der Waals surface area contributed by atoms with E-state index in [2.05, 4.69) is 55.4 Å². The summed E-state index contributed by atoms with van der Waals surface area (Å²) in [5.41, 5.74) is 5.86. The molecule has 0 spiro atoms. The number of aromatic amines is 1. The van der Waals surface area contributed by atoms with Gasteiger partial charge in [-0.05, 0) is 40.5 Å². The lowest BCUT2D eigenvalue weighted by molar-refractivity contribution is -0.115. The van der Waals surface area contributed by atoms with Crippen molar-refractivity contribution >= 4 is 50.2 Å². The van der Waals surface area contributed by atoms with Crippen LogP contribution in [0.25, 0.3) is 22.0 Å². The van der Waals surface area contributed by atoms with E-state index in [9.17, 15) is 9.90 Å². The lowest BCUT2D eigenvalue weighted by Gasteiger charge is -2.11. The van der Waals surface area contributed by atoms with Gasteiger partial charge in [0.15, 0.2) is 5.69 Å². The summed E-state index contributed by atoms with van der Waals surface area (Å²) in [6.07, 6.45) is 0. The van der Waals surface area contributed by atoms with Gasteiger partial charge in [0.1, 0.15) is 0 Å². The molecule has 0 saturated carbocycles. The van der Waals surface area contributed by atoms with Crippen molar-refractivity contribution in [2.24, 2.45) is 10.2 Å². The fourth-order valence-corrected chi connectivity index (χ4v) is 5.31. The zero-order valence-electron chi connectivity index (χ0n) is 15.7. The number of amides is 1. The lowest BCUT2D eigenvalue weighted by atomic mass is 10.1. The van der Waals surface area contributed by atoms with E-state index in [0.717, 1.165) is 9.99 Å². The zero-order chi connectivity index (χ0) is 20.7. The number of thioether (sulfide) groups is 1. The van der Waals surface area contributed by atoms with E-state index in [-0.39, 0.29) is 28.5 Å². The highest BCUT2D eigenvalue weighted by Crippen LogP contribution is 2.49. The van der Waals surface area contributed by atoms with E-state index in [1.165, 1.54) is 22.3 Å². The molecular formula is C23H16BrN3O2S. The first-order valence-corrected chi connectivity index (χ1v) is 11.2. The molecule has 0 unspecified atom stereocenters. The van der Waals surface area contributed by atoms with Gasteiger partial charge in [0.25, 0.3) is 5.91 Å². The number of hydrogen-bond acceptors (Lipinski definition) is 4. The highest BCUT2D eigenvalue weighted by atomic mass is 79.9. The first-order valence-electron chi connectivity index (χ1n) is 9.36. The number of carbonyl (C=O) groups is 1. The molecule has 2 N–H and O–H groups in total. The predicted molar refractivity (Wildman–Crippen MR) is 123 cm³/mol. The van der Waals surface area contributed by atoms with Gasteiger partial charge in [0.2, 0.25) is 5.88 Å². The van der Waals surface area contributed by atoms with Crippen molar-refractivity contribution in [2.75, 3.05) is 5.75 Å². The Morgan fingerprint density at radius 1 is 1.03 bits per heavy atom. The molecular weight excluding hydrogens is 462 g/mol. The topological polar surface area (TPSA) is 77.8 Å². The van der Waals surface area contributed by atoms with Crippen LogP contribution in [0.5, 0.6) is 5.88 Å². The van der Waals surface area contributed by atoms with Gasteiger partial charge in [0.05, 0.1) is 16.5 Å². The van der Waals surface area contributed by atoms with Crippen molar-refractivity contribution in [2.45, 2.75) is 5.25 Å². The number of hydrogen-bond donors (Lipinski definition) is 2. The summed E-state index contributed by atoms with van der Waals surface area (Å²) in [5.74, 6) is -0.250. The van der Waals surface area contributed by atoms with E-state index in [1.807, 2.05) is 42.5 Å². The summed E-state index contributed by atoms with van der Waals surface area (Å²) in [5, 5.41) is 18.8. The third-order valence-corrected chi connectivity index (χ3v) is 6.87. The molecule has 5 rings (SSSR count). The second kappa shape index (κ2) is 7.74. The van der Waals surface area contributed by atoms with Gasteiger partial charge in [-0.25, -0.2) is 0 Å². The summed E-state index contributed by atoms with van der Waals surface area (Å²) in [7, 11) is 0. The normalized spacial score (nSPS) is 13.1. The fourth-order valence-electron chi connectivity index (χ4n) is 3.82. The Morgan fingerprint density at radius 3 is 2.40 bits per heavy atom. The quantitative estimate of drug-likeness (QED) is 0.319. The van der Waals surface area contributed by atoms with Crippen LogP contribution in [0, 0.1) is 0 Å². The van der Waals surface area contributed by atoms with Gasteiger partial charge in [-0.1, -0.05) is 64.5 Å². The molecule has 3 aromatic carbocycles. The van der Waals surface area contributed by atoms with Gasteiger partial charge in [-0.2, -0.15) is 0 Å². The number of nitrogens with zero attached hydrogens (tertiary/aromatic N) is 2. The SMILES string of the molecule is O=C(CSC1c2ccccc2-c2ccccc21)N=Nc1c(O)[nH]c2ccc(Br)cc12. The summed E-state index contributed by atoms with van der Waals surface area (Å²) >= 11 is 4.95. The first-order chi connectivity index (χ1) is 14.6. The van der Waals surface area contributed by atoms with E-state index < -0.39 is 0 Å². The Bertz CT molecular complexity index is 1270. The number of nitrogens with one attached hydrogen (secondary N) is 1. The molecule has 0 atom stereocenters. The second-order valence-electron chi connectivity index (χ2n) is 6.97. The molecule has 30 heavy (non-hydrogen) atoms. The maximum atomic E-state index is 12.5. The van der Waals surface area contributed by atoms with Crippen LogP contribution in [0.15, 0.2) is 81.4 Å². The van der Waals surface area contributed by atoms with Gasteiger partial charge in [0, 0.05) is 9.86 Å². The van der Waals surface area contributed by atoms with Crippen LogP contribution < -0.4 is 0 Å². The molecule has 0 saturated heterocycles. The smallest absolute Gasteiger partial charge is 0.274 e. The minimum absolute atomic E-state index is 0.0917. The molecule has 4 aromatic rings. The number of carbonyl (C=O) groups excluding carboxylic acids is 1. The molecule has 0 radical (unpaired) electrons. The first kappa shape index (κ1) is 19.1. The van der Waals surface area contributed by atoms with Crippen LogP contribution in [0.2, 0.25) is 0 Å². The Morgan fingerprint density at radius 2 is 1.70 bits per heavy atom. The summed E-state index contributed by atoms with van der Waals surface area (Å²) in [6, 6.07) is 22.1. The van der Waals surface area contributed by atoms with E-state index in [0.29, 0.717) is 5.39 Å². The number of rotatable bonds is 4. The minimum atomic E-state index is -0.342. The maximum absolute atomic E-state index is 12.5. The van der Waals surface area contributed by atoms with E-state index >= 15 is 0 Å². The molecule has 1 aliphatic carbocycles. The number of aromatic nitrogens is 1. The van der Waals surface area contributed by atoms with Gasteiger partial charge in [-0.3, -0.25) is 4.79 Å². The average molecular weight is 478 g/mol. The van der Waals surface area contributed by atoms with E-state index in [4.69, 9.17) is 0 Å². The van der Waals surface area contributed by atoms with Gasteiger partial charge in [-0.15, -0.1) is 22.0 Å². The van der Waals surface area contributed by atoms with Crippen LogP contribution in [0.4, 0.5) is 5.69 Å². The standard InChI is InChI=1S/C23H16BrN3O2S/c24-13-9-10-19-18(11-13)21(23(29)25-19)27-26-20(28)12-30-22-16-7-3-1-5-14(16)15-6-2-4-8-17(15)22/h1-11,22,25,29H,12H2. The van der Waals surface area contributed by atoms with E-state index in [1.54, 1.807) is 11.8 Å². The van der Waals surface area contributed by atoms with Crippen LogP contribution in [-0.2, 0) is 4.79 Å². The van der Waals surface area contributed by atoms with Crippen molar-refractivity contribution in [1.29, 1.82) is 0 Å². The Labute approximate surface area is 185 Å². The Balaban J connectivity index is 1.35. The van der Waals surface area contributed by atoms with Crippen LogP contribution in [0.3, 0.4) is 0 Å². The average Bonchev–Trinajstić information content (AvgIpc) is 3.24. The van der Waals surface area contributed by atoms with Crippen LogP contribution in [0.1, 0.15) is 16.4 Å². The molecule has 5 nitrogen and oxygen atoms in total. The summed E-state index contributed by atoms with van der Waals surface area (Å²) in [6.45, 7) is 0. The lowest BCUT2D eigenvalue weighted by Crippen LogP contribution is -2.00. The number of H-pyrrole nitrogens is 1. The Hall–Kier alpha value is -2.90. The van der Waals surface area contributed by atoms with Crippen molar-refractivity contribution < 1.29 is 9.90 Å². The monoisotopic (exact) mass is 477 g/mol. The number of halogens is 1. The van der Waals surface area contributed by atoms with Gasteiger partial charge < -0.3 is 10.1 Å². The third kappa shape index (κ3) is 3.34. The van der Waals surface area contributed by atoms with Crippen LogP contribution >= 0.6 is 27.7 Å². The number of aromatic hydroxyl groups is 1. The highest BCUT2D eigenvalue weighted by Gasteiger charge is 2.28. The third-order valence-electron chi connectivity index (χ3n) is 5.13. The molecule has 0 fully saturated rings. The zero-order valence-corrected chi connectivity index (χ0v) is 18.1. The largest absolute Gasteiger partial charge is 0.493 e. The summed E-state index contributed by atoms with van der Waals surface area (Å²) in [4.78, 5) is 15.3. The van der Waals surface area contributed by atoms with Crippen molar-refractivity contribution in [3.8, 4) is 17.0 Å². The number of azo groups is 1. The minimum Gasteiger partial charge on any atom is -0.493 e. The predicted octanol–water partition coefficient (Wildman–Crippen LogP) is 6.75. The number of fused-ring (bicyclic) bond motifs is 4. The van der Waals surface area contributed by atoms with Crippen molar-refractivity contribution in [3.05, 3.63) is 82.3 Å².